The van der Waals surface area contributed by atoms with Crippen molar-refractivity contribution in [3.63, 3.8) is 0 Å². The summed E-state index contributed by atoms with van der Waals surface area (Å²) in [5.74, 6) is 0. The summed E-state index contributed by atoms with van der Waals surface area (Å²) in [6.45, 7) is 4.28. The van der Waals surface area contributed by atoms with Crippen LogP contribution in [-0.4, -0.2) is 47.2 Å². The van der Waals surface area contributed by atoms with Crippen LogP contribution in [0.25, 0.3) is 0 Å². The first-order valence-corrected chi connectivity index (χ1v) is 8.49. The molecule has 6 nitrogen and oxygen atoms in total. The molecule has 7 heteroatoms. The molecule has 0 aliphatic carbocycles. The van der Waals surface area contributed by atoms with Gasteiger partial charge in [0.15, 0.2) is 0 Å². The number of piperazine rings is 1. The lowest BCUT2D eigenvalue weighted by molar-refractivity contribution is -0.385. The smallest absolute Gasteiger partial charge is 0.278 e. The molecule has 1 fully saturated rings. The normalized spacial score (nSPS) is 15.6. The van der Waals surface area contributed by atoms with E-state index in [0.29, 0.717) is 5.56 Å². The molecule has 2 aromatic carbocycles. The number of hydrogen-bond acceptors (Lipinski definition) is 5. The van der Waals surface area contributed by atoms with Crippen LogP contribution in [0.3, 0.4) is 0 Å². The molecule has 2 aromatic rings. The lowest BCUT2D eigenvalue weighted by Gasteiger charge is -2.33. The first-order valence-electron chi connectivity index (χ1n) is 8.11. The number of rotatable bonds is 5. The summed E-state index contributed by atoms with van der Waals surface area (Å²) in [6.07, 6.45) is 1.58. The van der Waals surface area contributed by atoms with E-state index in [1.807, 2.05) is 29.3 Å². The van der Waals surface area contributed by atoms with Gasteiger partial charge in [-0.05, 0) is 23.8 Å². The second kappa shape index (κ2) is 8.09. The zero-order valence-electron chi connectivity index (χ0n) is 13.7. The highest BCUT2D eigenvalue weighted by atomic mass is 35.5. The molecule has 3 rings (SSSR count). The fourth-order valence-electron chi connectivity index (χ4n) is 2.77. The zero-order valence-corrected chi connectivity index (χ0v) is 14.5. The van der Waals surface area contributed by atoms with Gasteiger partial charge in [-0.15, -0.1) is 0 Å². The maximum absolute atomic E-state index is 11.0. The Balaban J connectivity index is 1.54. The van der Waals surface area contributed by atoms with Crippen molar-refractivity contribution in [2.24, 2.45) is 5.10 Å². The highest BCUT2D eigenvalue weighted by Crippen LogP contribution is 2.16. The van der Waals surface area contributed by atoms with Crippen LogP contribution in [0.15, 0.2) is 53.6 Å². The van der Waals surface area contributed by atoms with Crippen molar-refractivity contribution in [1.29, 1.82) is 0 Å². The standard InChI is InChI=1S/C18H19ClN4O2/c19-17-7-5-15(6-8-17)14-21-9-11-22(12-10-21)20-13-16-3-1-2-4-18(16)23(24)25/h1-8,13H,9-12,14H2. The van der Waals surface area contributed by atoms with E-state index in [0.717, 1.165) is 37.7 Å². The van der Waals surface area contributed by atoms with Crippen LogP contribution in [0.1, 0.15) is 11.1 Å². The molecule has 0 unspecified atom stereocenters. The Labute approximate surface area is 151 Å². The Morgan fingerprint density at radius 3 is 2.44 bits per heavy atom. The molecule has 0 radical (unpaired) electrons. The zero-order chi connectivity index (χ0) is 17.6. The van der Waals surface area contributed by atoms with Gasteiger partial charge in [-0.2, -0.15) is 5.10 Å². The monoisotopic (exact) mass is 358 g/mol. The highest BCUT2D eigenvalue weighted by molar-refractivity contribution is 6.30. The van der Waals surface area contributed by atoms with Crippen LogP contribution in [0.2, 0.25) is 5.02 Å². The van der Waals surface area contributed by atoms with Crippen molar-refractivity contribution < 1.29 is 4.92 Å². The number of nitro benzene ring substituents is 1. The SMILES string of the molecule is O=[N+]([O-])c1ccccc1C=NN1CCN(Cc2ccc(Cl)cc2)CC1. The average molecular weight is 359 g/mol. The first-order chi connectivity index (χ1) is 12.1. The molecule has 0 saturated carbocycles. The van der Waals surface area contributed by atoms with Crippen molar-refractivity contribution in [2.75, 3.05) is 26.2 Å². The van der Waals surface area contributed by atoms with Crippen molar-refractivity contribution in [1.82, 2.24) is 9.91 Å². The van der Waals surface area contributed by atoms with Crippen LogP contribution in [-0.2, 0) is 6.54 Å². The quantitative estimate of drug-likeness (QED) is 0.467. The molecular weight excluding hydrogens is 340 g/mol. The highest BCUT2D eigenvalue weighted by Gasteiger charge is 2.16. The molecule has 130 valence electrons. The molecule has 0 atom stereocenters. The second-order valence-electron chi connectivity index (χ2n) is 5.92. The van der Waals surface area contributed by atoms with Crippen LogP contribution in [0, 0.1) is 10.1 Å². The maximum Gasteiger partial charge on any atom is 0.278 e. The van der Waals surface area contributed by atoms with E-state index in [1.54, 1.807) is 24.4 Å². The van der Waals surface area contributed by atoms with Crippen molar-refractivity contribution in [3.05, 3.63) is 74.8 Å². The van der Waals surface area contributed by atoms with E-state index < -0.39 is 0 Å². The number of hydrogen-bond donors (Lipinski definition) is 0. The van der Waals surface area contributed by atoms with Gasteiger partial charge in [0, 0.05) is 43.8 Å². The summed E-state index contributed by atoms with van der Waals surface area (Å²) in [5, 5.41) is 18.1. The Bertz CT molecular complexity index is 756. The number of nitrogens with zero attached hydrogens (tertiary/aromatic N) is 4. The van der Waals surface area contributed by atoms with E-state index in [-0.39, 0.29) is 10.6 Å². The van der Waals surface area contributed by atoms with E-state index >= 15 is 0 Å². The first kappa shape index (κ1) is 17.4. The van der Waals surface area contributed by atoms with Gasteiger partial charge in [0.2, 0.25) is 0 Å². The Kier molecular flexibility index (Phi) is 5.63. The van der Waals surface area contributed by atoms with Gasteiger partial charge >= 0.3 is 0 Å². The average Bonchev–Trinajstić information content (AvgIpc) is 2.63. The number of hydrazone groups is 1. The molecular formula is C18H19ClN4O2. The van der Waals surface area contributed by atoms with Crippen LogP contribution < -0.4 is 0 Å². The predicted molar refractivity (Wildman–Crippen MR) is 99.0 cm³/mol. The number of nitro groups is 1. The minimum atomic E-state index is -0.384. The molecule has 0 N–H and O–H groups in total. The lowest BCUT2D eigenvalue weighted by Crippen LogP contribution is -2.43. The largest absolute Gasteiger partial charge is 0.295 e. The number of para-hydroxylation sites is 1. The molecule has 1 aliphatic rings. The number of halogens is 1. The second-order valence-corrected chi connectivity index (χ2v) is 6.35. The van der Waals surface area contributed by atoms with E-state index in [4.69, 9.17) is 11.6 Å². The minimum absolute atomic E-state index is 0.0765. The predicted octanol–water partition coefficient (Wildman–Crippen LogP) is 3.40. The van der Waals surface area contributed by atoms with Gasteiger partial charge in [0.25, 0.3) is 5.69 Å². The third-order valence-electron chi connectivity index (χ3n) is 4.16. The third-order valence-corrected chi connectivity index (χ3v) is 4.41. The van der Waals surface area contributed by atoms with Crippen LogP contribution >= 0.6 is 11.6 Å². The fourth-order valence-corrected chi connectivity index (χ4v) is 2.89. The van der Waals surface area contributed by atoms with Crippen LogP contribution in [0.4, 0.5) is 5.69 Å². The van der Waals surface area contributed by atoms with E-state index in [1.165, 1.54) is 11.6 Å². The lowest BCUT2D eigenvalue weighted by atomic mass is 10.2. The molecule has 0 amide bonds. The molecule has 25 heavy (non-hydrogen) atoms. The summed E-state index contributed by atoms with van der Waals surface area (Å²) in [7, 11) is 0. The van der Waals surface area contributed by atoms with Gasteiger partial charge in [-0.1, -0.05) is 35.9 Å². The topological polar surface area (TPSA) is 62.0 Å². The molecule has 1 aliphatic heterocycles. The van der Waals surface area contributed by atoms with E-state index in [2.05, 4.69) is 10.0 Å². The summed E-state index contributed by atoms with van der Waals surface area (Å²) in [6, 6.07) is 14.5. The molecule has 1 heterocycles. The molecule has 0 spiro atoms. The van der Waals surface area contributed by atoms with Crippen molar-refractivity contribution >= 4 is 23.5 Å². The Morgan fingerprint density at radius 1 is 1.08 bits per heavy atom. The Morgan fingerprint density at radius 2 is 1.76 bits per heavy atom. The van der Waals surface area contributed by atoms with Crippen molar-refractivity contribution in [2.45, 2.75) is 6.54 Å². The maximum atomic E-state index is 11.0. The van der Waals surface area contributed by atoms with Gasteiger partial charge in [-0.3, -0.25) is 20.0 Å². The van der Waals surface area contributed by atoms with Gasteiger partial charge in [0.1, 0.15) is 0 Å². The van der Waals surface area contributed by atoms with Gasteiger partial charge in [-0.25, -0.2) is 0 Å². The van der Waals surface area contributed by atoms with Gasteiger partial charge in [0.05, 0.1) is 16.7 Å². The van der Waals surface area contributed by atoms with E-state index in [9.17, 15) is 10.1 Å². The summed E-state index contributed by atoms with van der Waals surface area (Å²) in [5.41, 5.74) is 1.84. The minimum Gasteiger partial charge on any atom is -0.295 e. The van der Waals surface area contributed by atoms with Crippen molar-refractivity contribution in [3.8, 4) is 0 Å². The summed E-state index contributed by atoms with van der Waals surface area (Å²) >= 11 is 5.91. The van der Waals surface area contributed by atoms with Crippen LogP contribution in [0.5, 0.6) is 0 Å². The molecule has 1 saturated heterocycles. The van der Waals surface area contributed by atoms with Gasteiger partial charge < -0.3 is 0 Å². The number of benzene rings is 2. The molecule has 0 bridgehead atoms. The molecule has 0 aromatic heterocycles. The summed E-state index contributed by atoms with van der Waals surface area (Å²) in [4.78, 5) is 13.0. The fraction of sp³-hybridized carbons (Fsp3) is 0.278. The Hall–Kier alpha value is -2.44. The summed E-state index contributed by atoms with van der Waals surface area (Å²) < 4.78 is 0. The third kappa shape index (κ3) is 4.78.